The minimum Gasteiger partial charge on any atom is -0.489 e. The number of carbonyl (C=O) groups excluding carboxylic acids is 2. The van der Waals surface area contributed by atoms with Crippen LogP contribution < -0.4 is 15.5 Å². The predicted molar refractivity (Wildman–Crippen MR) is 113 cm³/mol. The summed E-state index contributed by atoms with van der Waals surface area (Å²) in [6.45, 7) is 0.0532. The van der Waals surface area contributed by atoms with E-state index in [1.54, 1.807) is 42.5 Å². The lowest BCUT2D eigenvalue weighted by molar-refractivity contribution is -0.136. The quantitative estimate of drug-likeness (QED) is 0.339. The molecule has 0 aromatic heterocycles. The third-order valence-corrected chi connectivity index (χ3v) is 4.26. The normalized spacial score (nSPS) is 10.7. The number of carbonyl (C=O) groups is 2. The Bertz CT molecular complexity index is 1140. The van der Waals surface area contributed by atoms with Crippen molar-refractivity contribution in [1.82, 2.24) is 5.43 Å². The van der Waals surface area contributed by atoms with Crippen LogP contribution in [0.15, 0.2) is 71.8 Å². The minimum atomic E-state index is -1.02. The molecule has 0 spiro atoms. The number of anilines is 1. The highest BCUT2D eigenvalue weighted by Gasteiger charge is 2.13. The second kappa shape index (κ2) is 10.3. The van der Waals surface area contributed by atoms with Gasteiger partial charge in [-0.3, -0.25) is 9.59 Å². The van der Waals surface area contributed by atoms with Crippen LogP contribution in [0.3, 0.4) is 0 Å². The van der Waals surface area contributed by atoms with Crippen LogP contribution in [-0.4, -0.2) is 18.0 Å². The van der Waals surface area contributed by atoms with Crippen molar-refractivity contribution in [2.24, 2.45) is 5.10 Å². The Labute approximate surface area is 181 Å². The molecule has 31 heavy (non-hydrogen) atoms. The van der Waals surface area contributed by atoms with Gasteiger partial charge in [-0.15, -0.1) is 0 Å². The van der Waals surface area contributed by atoms with Gasteiger partial charge in [0, 0.05) is 11.3 Å². The monoisotopic (exact) mass is 443 g/mol. The van der Waals surface area contributed by atoms with E-state index in [9.17, 15) is 18.4 Å². The fourth-order valence-electron chi connectivity index (χ4n) is 2.44. The van der Waals surface area contributed by atoms with E-state index in [-0.39, 0.29) is 23.1 Å². The van der Waals surface area contributed by atoms with E-state index < -0.39 is 17.6 Å². The van der Waals surface area contributed by atoms with Crippen molar-refractivity contribution in [3.8, 4) is 5.75 Å². The van der Waals surface area contributed by atoms with Gasteiger partial charge in [0.15, 0.2) is 0 Å². The van der Waals surface area contributed by atoms with Gasteiger partial charge in [0.2, 0.25) is 0 Å². The van der Waals surface area contributed by atoms with Gasteiger partial charge in [-0.25, -0.2) is 14.2 Å². The third-order valence-electron chi connectivity index (χ3n) is 3.97. The maximum atomic E-state index is 13.7. The van der Waals surface area contributed by atoms with Crippen molar-refractivity contribution in [2.75, 3.05) is 5.32 Å². The first kappa shape index (κ1) is 21.9. The van der Waals surface area contributed by atoms with Crippen molar-refractivity contribution in [1.29, 1.82) is 0 Å². The molecular weight excluding hydrogens is 428 g/mol. The molecule has 0 aliphatic heterocycles. The maximum absolute atomic E-state index is 13.7. The summed E-state index contributed by atoms with van der Waals surface area (Å²) in [4.78, 5) is 23.7. The number of hydrazone groups is 1. The fraction of sp³-hybridized carbons (Fsp3) is 0.0455. The molecule has 0 saturated carbocycles. The van der Waals surface area contributed by atoms with E-state index in [1.165, 1.54) is 24.4 Å². The molecule has 6 nitrogen and oxygen atoms in total. The number of hydrogen-bond acceptors (Lipinski definition) is 4. The third kappa shape index (κ3) is 6.35. The van der Waals surface area contributed by atoms with Gasteiger partial charge in [0.25, 0.3) is 0 Å². The smallest absolute Gasteiger partial charge is 0.329 e. The SMILES string of the molecule is O=C(NN=Cc1cccc(OCc2ccccc2F)c1)C(=O)Nc1ccc(F)c(Cl)c1. The lowest BCUT2D eigenvalue weighted by Gasteiger charge is -2.07. The fourth-order valence-corrected chi connectivity index (χ4v) is 2.62. The summed E-state index contributed by atoms with van der Waals surface area (Å²) in [7, 11) is 0. The molecule has 0 atom stereocenters. The van der Waals surface area contributed by atoms with Crippen LogP contribution in [0.2, 0.25) is 5.02 Å². The zero-order valence-corrected chi connectivity index (χ0v) is 16.7. The van der Waals surface area contributed by atoms with Crippen molar-refractivity contribution in [3.05, 3.63) is 94.5 Å². The summed E-state index contributed by atoms with van der Waals surface area (Å²) in [6, 6.07) is 16.5. The lowest BCUT2D eigenvalue weighted by Crippen LogP contribution is -2.32. The standard InChI is InChI=1S/C22H16ClF2N3O3/c23-18-11-16(8-9-20(18)25)27-21(29)22(30)28-26-12-14-4-3-6-17(10-14)31-13-15-5-1-2-7-19(15)24/h1-12H,13H2,(H,27,29)(H,28,30). The zero-order valence-electron chi connectivity index (χ0n) is 15.9. The van der Waals surface area contributed by atoms with Crippen LogP contribution in [0.4, 0.5) is 14.5 Å². The molecular formula is C22H16ClF2N3O3. The molecule has 0 fully saturated rings. The highest BCUT2D eigenvalue weighted by molar-refractivity contribution is 6.39. The van der Waals surface area contributed by atoms with Crippen molar-refractivity contribution in [2.45, 2.75) is 6.61 Å². The molecule has 9 heteroatoms. The predicted octanol–water partition coefficient (Wildman–Crippen LogP) is 4.29. The van der Waals surface area contributed by atoms with E-state index in [1.807, 2.05) is 0 Å². The summed E-state index contributed by atoms with van der Waals surface area (Å²) in [5.74, 6) is -2.55. The summed E-state index contributed by atoms with van der Waals surface area (Å²) >= 11 is 5.63. The number of halogens is 3. The van der Waals surface area contributed by atoms with Crippen LogP contribution in [0.1, 0.15) is 11.1 Å². The Morgan fingerprint density at radius 3 is 2.55 bits per heavy atom. The van der Waals surface area contributed by atoms with Gasteiger partial charge < -0.3 is 10.1 Å². The molecule has 0 aliphatic carbocycles. The average molecular weight is 444 g/mol. The van der Waals surface area contributed by atoms with E-state index in [4.69, 9.17) is 16.3 Å². The van der Waals surface area contributed by atoms with Crippen LogP contribution in [0.5, 0.6) is 5.75 Å². The number of nitrogens with one attached hydrogen (secondary N) is 2. The average Bonchev–Trinajstić information content (AvgIpc) is 2.76. The zero-order chi connectivity index (χ0) is 22.2. The largest absolute Gasteiger partial charge is 0.489 e. The highest BCUT2D eigenvalue weighted by Crippen LogP contribution is 2.19. The molecule has 3 rings (SSSR count). The first-order valence-electron chi connectivity index (χ1n) is 8.98. The molecule has 0 radical (unpaired) electrons. The number of ether oxygens (including phenoxy) is 1. The first-order chi connectivity index (χ1) is 14.9. The Kier molecular flexibility index (Phi) is 7.29. The van der Waals surface area contributed by atoms with Crippen molar-refractivity contribution >= 4 is 35.3 Å². The first-order valence-corrected chi connectivity index (χ1v) is 9.36. The van der Waals surface area contributed by atoms with E-state index in [0.717, 1.165) is 6.07 Å². The molecule has 0 saturated heterocycles. The number of benzene rings is 3. The van der Waals surface area contributed by atoms with Gasteiger partial charge in [0.05, 0.1) is 11.2 Å². The summed E-state index contributed by atoms with van der Waals surface area (Å²) in [5.41, 5.74) is 3.24. The second-order valence-electron chi connectivity index (χ2n) is 6.23. The van der Waals surface area contributed by atoms with Crippen molar-refractivity contribution in [3.63, 3.8) is 0 Å². The molecule has 0 bridgehead atoms. The second-order valence-corrected chi connectivity index (χ2v) is 6.64. The lowest BCUT2D eigenvalue weighted by atomic mass is 10.2. The summed E-state index contributed by atoms with van der Waals surface area (Å²) in [6.07, 6.45) is 1.32. The highest BCUT2D eigenvalue weighted by atomic mass is 35.5. The Balaban J connectivity index is 1.53. The van der Waals surface area contributed by atoms with E-state index in [0.29, 0.717) is 16.9 Å². The molecule has 0 aliphatic rings. The van der Waals surface area contributed by atoms with Crippen LogP contribution >= 0.6 is 11.6 Å². The van der Waals surface area contributed by atoms with E-state index in [2.05, 4.69) is 15.8 Å². The molecule has 0 unspecified atom stereocenters. The van der Waals surface area contributed by atoms with Gasteiger partial charge >= 0.3 is 11.8 Å². The molecule has 3 aromatic carbocycles. The van der Waals surface area contributed by atoms with Crippen LogP contribution in [0.25, 0.3) is 0 Å². The maximum Gasteiger partial charge on any atom is 0.329 e. The summed E-state index contributed by atoms with van der Waals surface area (Å²) in [5, 5.41) is 5.81. The van der Waals surface area contributed by atoms with Crippen molar-refractivity contribution < 1.29 is 23.1 Å². The van der Waals surface area contributed by atoms with E-state index >= 15 is 0 Å². The molecule has 0 heterocycles. The number of hydrogen-bond donors (Lipinski definition) is 2. The Hall–Kier alpha value is -3.78. The summed E-state index contributed by atoms with van der Waals surface area (Å²) < 4.78 is 32.4. The van der Waals surface area contributed by atoms with Gasteiger partial charge in [-0.1, -0.05) is 41.9 Å². The number of nitrogens with zero attached hydrogens (tertiary/aromatic N) is 1. The molecule has 3 aromatic rings. The topological polar surface area (TPSA) is 79.8 Å². The molecule has 2 N–H and O–H groups in total. The Morgan fingerprint density at radius 2 is 1.77 bits per heavy atom. The minimum absolute atomic E-state index is 0.0532. The van der Waals surface area contributed by atoms with Gasteiger partial charge in [0.1, 0.15) is 24.0 Å². The Morgan fingerprint density at radius 1 is 0.968 bits per heavy atom. The van der Waals surface area contributed by atoms with Crippen LogP contribution in [0, 0.1) is 11.6 Å². The van der Waals surface area contributed by atoms with Gasteiger partial charge in [-0.05, 0) is 42.0 Å². The molecule has 2 amide bonds. The number of rotatable bonds is 6. The van der Waals surface area contributed by atoms with Crippen LogP contribution in [-0.2, 0) is 16.2 Å². The molecule has 158 valence electrons. The van der Waals surface area contributed by atoms with Gasteiger partial charge in [-0.2, -0.15) is 5.10 Å². The number of amides is 2.